The van der Waals surface area contributed by atoms with Crippen LogP contribution in [0.2, 0.25) is 0 Å². The Morgan fingerprint density at radius 3 is 2.57 bits per heavy atom. The lowest BCUT2D eigenvalue weighted by Crippen LogP contribution is -2.12. The summed E-state index contributed by atoms with van der Waals surface area (Å²) >= 11 is 0. The van der Waals surface area contributed by atoms with Gasteiger partial charge in [0.1, 0.15) is 0 Å². The van der Waals surface area contributed by atoms with Crippen LogP contribution in [0.15, 0.2) is 59.4 Å². The van der Waals surface area contributed by atoms with E-state index < -0.39 is 0 Å². The lowest BCUT2D eigenvalue weighted by atomic mass is 10.0. The summed E-state index contributed by atoms with van der Waals surface area (Å²) in [5.41, 5.74) is 3.36. The minimum Gasteiger partial charge on any atom is -0.342 e. The molecular formula is C18H17N3O2. The molecule has 5 nitrogen and oxygen atoms in total. The van der Waals surface area contributed by atoms with E-state index >= 15 is 0 Å². The third-order valence-corrected chi connectivity index (χ3v) is 3.58. The second kappa shape index (κ2) is 6.44. The van der Waals surface area contributed by atoms with E-state index in [1.165, 1.54) is 12.0 Å². The molecule has 0 spiro atoms. The van der Waals surface area contributed by atoms with Gasteiger partial charge in [0.15, 0.2) is 0 Å². The molecule has 0 radical (unpaired) electrons. The number of hydrogen-bond acceptors (Lipinski definition) is 4. The van der Waals surface area contributed by atoms with E-state index in [4.69, 9.17) is 4.52 Å². The van der Waals surface area contributed by atoms with Gasteiger partial charge >= 0.3 is 0 Å². The molecule has 2 aromatic carbocycles. The first-order valence-electron chi connectivity index (χ1n) is 7.41. The molecule has 0 atom stereocenters. The zero-order chi connectivity index (χ0) is 16.2. The average molecular weight is 307 g/mol. The van der Waals surface area contributed by atoms with E-state index in [1.54, 1.807) is 24.3 Å². The van der Waals surface area contributed by atoms with Gasteiger partial charge in [0.25, 0.3) is 5.91 Å². The monoisotopic (exact) mass is 307 g/mol. The molecule has 0 aliphatic carbocycles. The molecule has 1 heterocycles. The van der Waals surface area contributed by atoms with Crippen LogP contribution in [-0.2, 0) is 0 Å². The summed E-state index contributed by atoms with van der Waals surface area (Å²) in [4.78, 5) is 16.3. The summed E-state index contributed by atoms with van der Waals surface area (Å²) in [6.07, 6.45) is 1.28. The maximum atomic E-state index is 12.3. The normalized spacial score (nSPS) is 10.7. The zero-order valence-electron chi connectivity index (χ0n) is 13.0. The van der Waals surface area contributed by atoms with Crippen molar-refractivity contribution in [1.82, 2.24) is 10.1 Å². The third kappa shape index (κ3) is 3.45. The molecule has 23 heavy (non-hydrogen) atoms. The first kappa shape index (κ1) is 15.0. The zero-order valence-corrected chi connectivity index (χ0v) is 13.0. The highest BCUT2D eigenvalue weighted by Gasteiger charge is 2.09. The molecule has 5 heteroatoms. The highest BCUT2D eigenvalue weighted by atomic mass is 16.5. The third-order valence-electron chi connectivity index (χ3n) is 3.58. The number of nitrogens with one attached hydrogen (secondary N) is 1. The molecular weight excluding hydrogens is 290 g/mol. The number of hydrogen-bond donors (Lipinski definition) is 1. The van der Waals surface area contributed by atoms with Crippen LogP contribution in [0.4, 0.5) is 5.69 Å². The van der Waals surface area contributed by atoms with E-state index in [0.29, 0.717) is 17.3 Å². The first-order chi connectivity index (χ1) is 11.1. The topological polar surface area (TPSA) is 68.0 Å². The summed E-state index contributed by atoms with van der Waals surface area (Å²) < 4.78 is 4.72. The van der Waals surface area contributed by atoms with Crippen molar-refractivity contribution in [3.05, 3.63) is 66.1 Å². The van der Waals surface area contributed by atoms with E-state index in [9.17, 15) is 4.79 Å². The Hall–Kier alpha value is -2.95. The molecule has 0 aliphatic heterocycles. The molecule has 3 aromatic rings. The van der Waals surface area contributed by atoms with Crippen molar-refractivity contribution >= 4 is 11.6 Å². The minimum absolute atomic E-state index is 0.148. The molecule has 0 fully saturated rings. The van der Waals surface area contributed by atoms with Crippen LogP contribution in [0.5, 0.6) is 0 Å². The van der Waals surface area contributed by atoms with Gasteiger partial charge in [-0.05, 0) is 35.7 Å². The highest BCUT2D eigenvalue weighted by molar-refractivity contribution is 6.04. The Labute approximate surface area is 134 Å². The standard InChI is InChI=1S/C18H17N3O2/c1-12(2)15-4-3-5-16(10-15)20-18(22)14-8-6-13(7-9-14)17-19-11-23-21-17/h3-12H,1-2H3,(H,20,22). The molecule has 0 saturated heterocycles. The Morgan fingerprint density at radius 2 is 1.91 bits per heavy atom. The van der Waals surface area contributed by atoms with Crippen molar-refractivity contribution in [2.75, 3.05) is 5.32 Å². The maximum Gasteiger partial charge on any atom is 0.255 e. The smallest absolute Gasteiger partial charge is 0.255 e. The van der Waals surface area contributed by atoms with E-state index in [-0.39, 0.29) is 5.91 Å². The van der Waals surface area contributed by atoms with Gasteiger partial charge in [0, 0.05) is 16.8 Å². The second-order valence-corrected chi connectivity index (χ2v) is 5.57. The molecule has 0 bridgehead atoms. The van der Waals surface area contributed by atoms with Crippen LogP contribution in [0.25, 0.3) is 11.4 Å². The van der Waals surface area contributed by atoms with Gasteiger partial charge in [-0.1, -0.05) is 43.3 Å². The fourth-order valence-electron chi connectivity index (χ4n) is 2.25. The number of carbonyl (C=O) groups excluding carboxylic acids is 1. The van der Waals surface area contributed by atoms with Crippen molar-refractivity contribution in [3.8, 4) is 11.4 Å². The van der Waals surface area contributed by atoms with Gasteiger partial charge in [-0.3, -0.25) is 4.79 Å². The molecule has 3 rings (SSSR count). The van der Waals surface area contributed by atoms with Crippen molar-refractivity contribution in [1.29, 1.82) is 0 Å². The van der Waals surface area contributed by atoms with Gasteiger partial charge in [0.2, 0.25) is 12.2 Å². The van der Waals surface area contributed by atoms with Crippen LogP contribution >= 0.6 is 0 Å². The number of amides is 1. The molecule has 116 valence electrons. The van der Waals surface area contributed by atoms with Gasteiger partial charge in [-0.2, -0.15) is 4.98 Å². The molecule has 0 saturated carbocycles. The Morgan fingerprint density at radius 1 is 1.13 bits per heavy atom. The van der Waals surface area contributed by atoms with Gasteiger partial charge < -0.3 is 9.84 Å². The number of carbonyl (C=O) groups is 1. The molecule has 0 unspecified atom stereocenters. The van der Waals surface area contributed by atoms with E-state index in [2.05, 4.69) is 35.4 Å². The van der Waals surface area contributed by atoms with Crippen LogP contribution in [-0.4, -0.2) is 16.0 Å². The van der Waals surface area contributed by atoms with Crippen molar-refractivity contribution in [3.63, 3.8) is 0 Å². The predicted octanol–water partition coefficient (Wildman–Crippen LogP) is 4.11. The average Bonchev–Trinajstić information content (AvgIpc) is 3.09. The van der Waals surface area contributed by atoms with Gasteiger partial charge in [-0.25, -0.2) is 0 Å². The van der Waals surface area contributed by atoms with E-state index in [0.717, 1.165) is 11.3 Å². The lowest BCUT2D eigenvalue weighted by molar-refractivity contribution is 0.102. The molecule has 1 aromatic heterocycles. The van der Waals surface area contributed by atoms with E-state index in [1.807, 2.05) is 18.2 Å². The number of aromatic nitrogens is 2. The summed E-state index contributed by atoms with van der Waals surface area (Å²) in [5, 5.41) is 6.69. The van der Waals surface area contributed by atoms with Crippen LogP contribution in [0, 0.1) is 0 Å². The van der Waals surface area contributed by atoms with Crippen molar-refractivity contribution in [2.45, 2.75) is 19.8 Å². The Bertz CT molecular complexity index is 793. The number of anilines is 1. The second-order valence-electron chi connectivity index (χ2n) is 5.57. The van der Waals surface area contributed by atoms with Crippen molar-refractivity contribution < 1.29 is 9.32 Å². The number of rotatable bonds is 4. The fourth-order valence-corrected chi connectivity index (χ4v) is 2.25. The predicted molar refractivity (Wildman–Crippen MR) is 88.2 cm³/mol. The highest BCUT2D eigenvalue weighted by Crippen LogP contribution is 2.20. The van der Waals surface area contributed by atoms with Crippen LogP contribution in [0.3, 0.4) is 0 Å². The lowest BCUT2D eigenvalue weighted by Gasteiger charge is -2.09. The molecule has 1 N–H and O–H groups in total. The quantitative estimate of drug-likeness (QED) is 0.787. The maximum absolute atomic E-state index is 12.3. The van der Waals surface area contributed by atoms with Gasteiger partial charge in [0.05, 0.1) is 0 Å². The molecule has 0 aliphatic rings. The largest absolute Gasteiger partial charge is 0.342 e. The summed E-state index contributed by atoms with van der Waals surface area (Å²) in [6.45, 7) is 4.25. The van der Waals surface area contributed by atoms with Crippen LogP contribution in [0.1, 0.15) is 35.7 Å². The minimum atomic E-state index is -0.148. The molecule has 1 amide bonds. The first-order valence-corrected chi connectivity index (χ1v) is 7.41. The Balaban J connectivity index is 1.74. The Kier molecular flexibility index (Phi) is 4.19. The summed E-state index contributed by atoms with van der Waals surface area (Å²) in [6, 6.07) is 15.0. The fraction of sp³-hybridized carbons (Fsp3) is 0.167. The van der Waals surface area contributed by atoms with Crippen molar-refractivity contribution in [2.24, 2.45) is 0 Å². The number of nitrogens with zero attached hydrogens (tertiary/aromatic N) is 2. The summed E-state index contributed by atoms with van der Waals surface area (Å²) in [5.74, 6) is 0.772. The van der Waals surface area contributed by atoms with Crippen LogP contribution < -0.4 is 5.32 Å². The van der Waals surface area contributed by atoms with Gasteiger partial charge in [-0.15, -0.1) is 0 Å². The number of benzene rings is 2. The SMILES string of the molecule is CC(C)c1cccc(NC(=O)c2ccc(-c3ncon3)cc2)c1. The summed E-state index contributed by atoms with van der Waals surface area (Å²) in [7, 11) is 0.